The number of phenolic OH excluding ortho intramolecular Hbond substituents is 1. The summed E-state index contributed by atoms with van der Waals surface area (Å²) in [5.41, 5.74) is 4.02. The highest BCUT2D eigenvalue weighted by Crippen LogP contribution is 2.32. The zero-order valence-corrected chi connectivity index (χ0v) is 21.3. The second-order valence-corrected chi connectivity index (χ2v) is 8.78. The SMILES string of the molecule is C/C=C(\C=C/COCCCN1CCCCC1)/C=C/Nc1ncc(-c2ccc(O)c(OC)c2)cc1C. The largest absolute Gasteiger partial charge is 0.504 e. The Hall–Kier alpha value is -3.09. The number of piperidine rings is 1. The van der Waals surface area contributed by atoms with Crippen LogP contribution in [0.15, 0.2) is 66.5 Å². The molecule has 0 amide bonds. The lowest BCUT2D eigenvalue weighted by Crippen LogP contribution is -2.31. The monoisotopic (exact) mass is 477 g/mol. The van der Waals surface area contributed by atoms with Crippen molar-refractivity contribution in [2.75, 3.05) is 45.3 Å². The molecule has 35 heavy (non-hydrogen) atoms. The molecule has 3 rings (SSSR count). The Balaban J connectivity index is 1.43. The van der Waals surface area contributed by atoms with E-state index >= 15 is 0 Å². The summed E-state index contributed by atoms with van der Waals surface area (Å²) < 4.78 is 11.0. The van der Waals surface area contributed by atoms with Gasteiger partial charge in [-0.15, -0.1) is 0 Å². The summed E-state index contributed by atoms with van der Waals surface area (Å²) >= 11 is 0. The van der Waals surface area contributed by atoms with Crippen LogP contribution in [0.1, 0.15) is 38.2 Å². The number of likely N-dealkylation sites (tertiary alicyclic amines) is 1. The smallest absolute Gasteiger partial charge is 0.161 e. The molecule has 1 aromatic heterocycles. The Bertz CT molecular complexity index is 1020. The number of rotatable bonds is 12. The molecule has 0 aliphatic carbocycles. The first-order valence-electron chi connectivity index (χ1n) is 12.5. The third-order valence-corrected chi connectivity index (χ3v) is 6.16. The maximum absolute atomic E-state index is 9.81. The highest BCUT2D eigenvalue weighted by molar-refractivity contribution is 5.68. The highest BCUT2D eigenvalue weighted by atomic mass is 16.5. The zero-order valence-electron chi connectivity index (χ0n) is 21.3. The lowest BCUT2D eigenvalue weighted by Gasteiger charge is -2.26. The van der Waals surface area contributed by atoms with Crippen molar-refractivity contribution in [2.24, 2.45) is 0 Å². The summed E-state index contributed by atoms with van der Waals surface area (Å²) in [7, 11) is 1.54. The van der Waals surface area contributed by atoms with Crippen molar-refractivity contribution in [3.8, 4) is 22.6 Å². The first-order valence-corrected chi connectivity index (χ1v) is 12.5. The Morgan fingerprint density at radius 3 is 2.71 bits per heavy atom. The number of hydrogen-bond acceptors (Lipinski definition) is 6. The molecule has 0 radical (unpaired) electrons. The van der Waals surface area contributed by atoms with Crippen LogP contribution in [-0.2, 0) is 4.74 Å². The number of aryl methyl sites for hydroxylation is 1. The van der Waals surface area contributed by atoms with Crippen LogP contribution in [0.25, 0.3) is 11.1 Å². The normalized spacial score (nSPS) is 15.2. The Morgan fingerprint density at radius 1 is 1.14 bits per heavy atom. The van der Waals surface area contributed by atoms with Crippen molar-refractivity contribution in [2.45, 2.75) is 39.5 Å². The van der Waals surface area contributed by atoms with Gasteiger partial charge in [-0.25, -0.2) is 4.98 Å². The van der Waals surface area contributed by atoms with E-state index in [2.05, 4.69) is 39.5 Å². The van der Waals surface area contributed by atoms with Crippen molar-refractivity contribution < 1.29 is 14.6 Å². The van der Waals surface area contributed by atoms with Gasteiger partial charge in [-0.3, -0.25) is 0 Å². The number of methoxy groups -OCH3 is 1. The molecule has 0 spiro atoms. The fourth-order valence-electron chi connectivity index (χ4n) is 4.11. The highest BCUT2D eigenvalue weighted by Gasteiger charge is 2.09. The molecule has 0 saturated carbocycles. The lowest BCUT2D eigenvalue weighted by atomic mass is 10.1. The van der Waals surface area contributed by atoms with E-state index < -0.39 is 0 Å². The number of phenols is 1. The molecule has 6 heteroatoms. The van der Waals surface area contributed by atoms with Crippen LogP contribution in [0.3, 0.4) is 0 Å². The summed E-state index contributed by atoms with van der Waals surface area (Å²) in [5.74, 6) is 1.37. The van der Waals surface area contributed by atoms with Gasteiger partial charge in [0.05, 0.1) is 13.7 Å². The summed E-state index contributed by atoms with van der Waals surface area (Å²) in [6, 6.07) is 7.35. The maximum Gasteiger partial charge on any atom is 0.161 e. The van der Waals surface area contributed by atoms with E-state index in [1.165, 1.54) is 32.4 Å². The lowest BCUT2D eigenvalue weighted by molar-refractivity contribution is 0.138. The van der Waals surface area contributed by atoms with Crippen molar-refractivity contribution in [1.82, 2.24) is 9.88 Å². The molecule has 2 heterocycles. The number of ether oxygens (including phenoxy) is 2. The standard InChI is InChI=1S/C29H39N3O3/c1-4-24(10-8-18-35-19-9-17-32-15-6-5-7-16-32)13-14-30-29-23(2)20-26(22-31-29)25-11-12-27(33)28(21-25)34-3/h4,8,10-14,20-22,33H,5-7,9,15-19H2,1-3H3,(H,30,31)/b10-8-,14-13+,24-4+. The van der Waals surface area contributed by atoms with Gasteiger partial charge in [0, 0.05) is 31.1 Å². The average molecular weight is 478 g/mol. The molecular formula is C29H39N3O3. The number of benzene rings is 1. The van der Waals surface area contributed by atoms with Crippen molar-refractivity contribution in [3.63, 3.8) is 0 Å². The molecule has 1 aromatic carbocycles. The van der Waals surface area contributed by atoms with E-state index in [0.717, 1.165) is 47.7 Å². The summed E-state index contributed by atoms with van der Waals surface area (Å²) in [6.07, 6.45) is 17.1. The maximum atomic E-state index is 9.81. The number of pyridine rings is 1. The van der Waals surface area contributed by atoms with Gasteiger partial charge in [0.15, 0.2) is 11.5 Å². The first kappa shape index (κ1) is 26.5. The molecule has 188 valence electrons. The van der Waals surface area contributed by atoms with E-state index in [1.807, 2.05) is 44.5 Å². The molecular weight excluding hydrogens is 438 g/mol. The van der Waals surface area contributed by atoms with Crippen molar-refractivity contribution in [1.29, 1.82) is 0 Å². The van der Waals surface area contributed by atoms with Crippen molar-refractivity contribution in [3.05, 3.63) is 72.1 Å². The fourth-order valence-corrected chi connectivity index (χ4v) is 4.11. The molecule has 2 aromatic rings. The number of nitrogens with one attached hydrogen (secondary N) is 1. The minimum atomic E-state index is 0.123. The van der Waals surface area contributed by atoms with E-state index in [1.54, 1.807) is 13.2 Å². The second kappa shape index (κ2) is 14.3. The molecule has 1 fully saturated rings. The van der Waals surface area contributed by atoms with Crippen LogP contribution < -0.4 is 10.1 Å². The van der Waals surface area contributed by atoms with Crippen LogP contribution in [0.5, 0.6) is 11.5 Å². The van der Waals surface area contributed by atoms with E-state index in [4.69, 9.17) is 9.47 Å². The Labute approximate surface area is 210 Å². The van der Waals surface area contributed by atoms with Crippen LogP contribution in [0.2, 0.25) is 0 Å². The Morgan fingerprint density at radius 2 is 1.97 bits per heavy atom. The Kier molecular flexibility index (Phi) is 10.9. The van der Waals surface area contributed by atoms with E-state index in [9.17, 15) is 5.11 Å². The van der Waals surface area contributed by atoms with Gasteiger partial charge in [0.1, 0.15) is 5.82 Å². The zero-order chi connectivity index (χ0) is 24.9. The summed E-state index contributed by atoms with van der Waals surface area (Å²) in [4.78, 5) is 7.11. The third-order valence-electron chi connectivity index (χ3n) is 6.16. The predicted molar refractivity (Wildman–Crippen MR) is 144 cm³/mol. The van der Waals surface area contributed by atoms with Crippen LogP contribution >= 0.6 is 0 Å². The quantitative estimate of drug-likeness (QED) is 0.285. The van der Waals surface area contributed by atoms with Crippen LogP contribution in [0.4, 0.5) is 5.82 Å². The molecule has 0 bridgehead atoms. The van der Waals surface area contributed by atoms with Gasteiger partial charge in [-0.05, 0) is 87.2 Å². The number of allylic oxidation sites excluding steroid dienone is 4. The van der Waals surface area contributed by atoms with Gasteiger partial charge >= 0.3 is 0 Å². The van der Waals surface area contributed by atoms with Gasteiger partial charge < -0.3 is 24.8 Å². The number of nitrogens with zero attached hydrogens (tertiary/aromatic N) is 2. The number of aromatic hydroxyl groups is 1. The third kappa shape index (κ3) is 8.57. The van der Waals surface area contributed by atoms with Gasteiger partial charge in [-0.1, -0.05) is 30.7 Å². The summed E-state index contributed by atoms with van der Waals surface area (Å²) in [5, 5.41) is 13.1. The summed E-state index contributed by atoms with van der Waals surface area (Å²) in [6.45, 7) is 9.12. The minimum Gasteiger partial charge on any atom is -0.504 e. The van der Waals surface area contributed by atoms with E-state index in [0.29, 0.717) is 12.4 Å². The molecule has 1 aliphatic rings. The number of anilines is 1. The molecule has 6 nitrogen and oxygen atoms in total. The number of aromatic nitrogens is 1. The predicted octanol–water partition coefficient (Wildman–Crippen LogP) is 6.09. The second-order valence-electron chi connectivity index (χ2n) is 8.78. The molecule has 0 atom stereocenters. The number of hydrogen-bond donors (Lipinski definition) is 2. The first-order chi connectivity index (χ1) is 17.1. The molecule has 1 aliphatic heterocycles. The molecule has 1 saturated heterocycles. The van der Waals surface area contributed by atoms with Crippen LogP contribution in [0, 0.1) is 6.92 Å². The molecule has 0 unspecified atom stereocenters. The van der Waals surface area contributed by atoms with E-state index in [-0.39, 0.29) is 5.75 Å². The minimum absolute atomic E-state index is 0.123. The van der Waals surface area contributed by atoms with Gasteiger partial charge in [-0.2, -0.15) is 0 Å². The molecule has 2 N–H and O–H groups in total. The average Bonchev–Trinajstić information content (AvgIpc) is 2.88. The van der Waals surface area contributed by atoms with Gasteiger partial charge in [0.2, 0.25) is 0 Å². The van der Waals surface area contributed by atoms with Crippen molar-refractivity contribution >= 4 is 5.82 Å². The van der Waals surface area contributed by atoms with Crippen LogP contribution in [-0.4, -0.2) is 54.9 Å². The van der Waals surface area contributed by atoms with Gasteiger partial charge in [0.25, 0.3) is 0 Å². The fraction of sp³-hybridized carbons (Fsp3) is 0.414. The topological polar surface area (TPSA) is 66.9 Å².